The molecule has 7 nitrogen and oxygen atoms in total. The van der Waals surface area contributed by atoms with Gasteiger partial charge in [0.05, 0.1) is 16.2 Å². The standard InChI is InChI=1S/C18H15N3O4/c1-13-11-20(17(19-13)14-7-3-2-4-8-14)18(22)25-12-15-9-5-6-10-16(15)21(23)24/h2-11H,12H2,1H3. The predicted octanol–water partition coefficient (Wildman–Crippen LogP) is 3.95. The summed E-state index contributed by atoms with van der Waals surface area (Å²) < 4.78 is 6.57. The lowest BCUT2D eigenvalue weighted by atomic mass is 10.2. The van der Waals surface area contributed by atoms with Crippen LogP contribution in [0.15, 0.2) is 60.8 Å². The number of aryl methyl sites for hydroxylation is 1. The Morgan fingerprint density at radius 3 is 2.56 bits per heavy atom. The summed E-state index contributed by atoms with van der Waals surface area (Å²) in [5.74, 6) is 0.464. The fourth-order valence-corrected chi connectivity index (χ4v) is 2.45. The number of carbonyl (C=O) groups excluding carboxylic acids is 1. The van der Waals surface area contributed by atoms with Gasteiger partial charge in [0.25, 0.3) is 5.69 Å². The molecule has 0 aliphatic rings. The molecule has 25 heavy (non-hydrogen) atoms. The number of hydrogen-bond acceptors (Lipinski definition) is 5. The van der Waals surface area contributed by atoms with Crippen molar-refractivity contribution in [2.75, 3.05) is 0 Å². The van der Waals surface area contributed by atoms with Gasteiger partial charge in [0.15, 0.2) is 0 Å². The molecule has 3 rings (SSSR count). The van der Waals surface area contributed by atoms with Crippen molar-refractivity contribution in [3.63, 3.8) is 0 Å². The van der Waals surface area contributed by atoms with Gasteiger partial charge in [-0.1, -0.05) is 42.5 Å². The first-order chi connectivity index (χ1) is 12.1. The Morgan fingerprint density at radius 2 is 1.84 bits per heavy atom. The molecule has 0 unspecified atom stereocenters. The molecule has 0 bridgehead atoms. The average molecular weight is 337 g/mol. The molecule has 1 aromatic heterocycles. The van der Waals surface area contributed by atoms with Crippen LogP contribution in [0, 0.1) is 17.0 Å². The first-order valence-electron chi connectivity index (χ1n) is 7.57. The number of ether oxygens (including phenoxy) is 1. The molecular weight excluding hydrogens is 322 g/mol. The molecule has 2 aromatic carbocycles. The Labute approximate surface area is 143 Å². The molecule has 0 fully saturated rings. The molecule has 1 heterocycles. The Kier molecular flexibility index (Phi) is 4.56. The van der Waals surface area contributed by atoms with Crippen molar-refractivity contribution in [3.05, 3.63) is 82.2 Å². The fraction of sp³-hybridized carbons (Fsp3) is 0.111. The average Bonchev–Trinajstić information content (AvgIpc) is 3.02. The zero-order valence-corrected chi connectivity index (χ0v) is 13.5. The van der Waals surface area contributed by atoms with E-state index in [1.807, 2.05) is 30.3 Å². The number of carbonyl (C=O) groups is 1. The number of aromatic nitrogens is 2. The zero-order chi connectivity index (χ0) is 17.8. The van der Waals surface area contributed by atoms with E-state index in [9.17, 15) is 14.9 Å². The Balaban J connectivity index is 1.83. The van der Waals surface area contributed by atoms with Gasteiger partial charge in [0.1, 0.15) is 12.4 Å². The van der Waals surface area contributed by atoms with Gasteiger partial charge in [-0.05, 0) is 13.0 Å². The zero-order valence-electron chi connectivity index (χ0n) is 13.5. The van der Waals surface area contributed by atoms with Gasteiger partial charge >= 0.3 is 6.09 Å². The van der Waals surface area contributed by atoms with E-state index >= 15 is 0 Å². The third-order valence-electron chi connectivity index (χ3n) is 3.59. The minimum Gasteiger partial charge on any atom is -0.444 e. The first-order valence-corrected chi connectivity index (χ1v) is 7.57. The van der Waals surface area contributed by atoms with Gasteiger partial charge in [0, 0.05) is 17.8 Å². The van der Waals surface area contributed by atoms with Crippen LogP contribution in [0.25, 0.3) is 11.4 Å². The quantitative estimate of drug-likeness (QED) is 0.531. The summed E-state index contributed by atoms with van der Waals surface area (Å²) in [4.78, 5) is 27.3. The first kappa shape index (κ1) is 16.4. The van der Waals surface area contributed by atoms with Crippen molar-refractivity contribution in [2.45, 2.75) is 13.5 Å². The predicted molar refractivity (Wildman–Crippen MR) is 91.1 cm³/mol. The number of para-hydroxylation sites is 1. The molecule has 0 spiro atoms. The van der Waals surface area contributed by atoms with Gasteiger partial charge in [-0.3, -0.25) is 10.1 Å². The second kappa shape index (κ2) is 6.96. The molecule has 0 saturated heterocycles. The molecule has 0 radical (unpaired) electrons. The van der Waals surface area contributed by atoms with E-state index in [1.165, 1.54) is 10.6 Å². The minimum absolute atomic E-state index is 0.0830. The van der Waals surface area contributed by atoms with Crippen LogP contribution >= 0.6 is 0 Å². The summed E-state index contributed by atoms with van der Waals surface area (Å²) in [6.45, 7) is 1.58. The van der Waals surface area contributed by atoms with Gasteiger partial charge in [-0.25, -0.2) is 14.3 Å². The molecule has 3 aromatic rings. The molecular formula is C18H15N3O4. The molecule has 0 atom stereocenters. The lowest BCUT2D eigenvalue weighted by Gasteiger charge is -2.08. The van der Waals surface area contributed by atoms with Crippen LogP contribution in [0.5, 0.6) is 0 Å². The SMILES string of the molecule is Cc1cn(C(=O)OCc2ccccc2[N+](=O)[O-])c(-c2ccccc2)n1. The van der Waals surface area contributed by atoms with Crippen LogP contribution in [0.2, 0.25) is 0 Å². The van der Waals surface area contributed by atoms with Crippen molar-refractivity contribution in [3.8, 4) is 11.4 Å². The maximum absolute atomic E-state index is 12.4. The van der Waals surface area contributed by atoms with E-state index in [4.69, 9.17) is 4.74 Å². The van der Waals surface area contributed by atoms with Crippen molar-refractivity contribution in [1.29, 1.82) is 0 Å². The maximum atomic E-state index is 12.4. The van der Waals surface area contributed by atoms with Gasteiger partial charge < -0.3 is 4.74 Å². The highest BCUT2D eigenvalue weighted by Crippen LogP contribution is 2.21. The van der Waals surface area contributed by atoms with Crippen LogP contribution in [0.1, 0.15) is 11.3 Å². The van der Waals surface area contributed by atoms with Crippen LogP contribution in [-0.4, -0.2) is 20.6 Å². The Bertz CT molecular complexity index is 919. The highest BCUT2D eigenvalue weighted by molar-refractivity contribution is 5.77. The van der Waals surface area contributed by atoms with Crippen LogP contribution in [0.3, 0.4) is 0 Å². The second-order valence-corrected chi connectivity index (χ2v) is 5.38. The fourth-order valence-electron chi connectivity index (χ4n) is 2.45. The van der Waals surface area contributed by atoms with Crippen molar-refractivity contribution < 1.29 is 14.5 Å². The van der Waals surface area contributed by atoms with Crippen LogP contribution in [0.4, 0.5) is 10.5 Å². The summed E-state index contributed by atoms with van der Waals surface area (Å²) in [7, 11) is 0. The number of benzene rings is 2. The highest BCUT2D eigenvalue weighted by atomic mass is 16.6. The second-order valence-electron chi connectivity index (χ2n) is 5.38. The lowest BCUT2D eigenvalue weighted by Crippen LogP contribution is -2.14. The summed E-state index contributed by atoms with van der Waals surface area (Å²) in [6, 6.07) is 15.4. The Hall–Kier alpha value is -3.48. The van der Waals surface area contributed by atoms with Gasteiger partial charge in [-0.15, -0.1) is 0 Å². The van der Waals surface area contributed by atoms with Crippen LogP contribution < -0.4 is 0 Å². The van der Waals surface area contributed by atoms with E-state index in [-0.39, 0.29) is 12.3 Å². The monoisotopic (exact) mass is 337 g/mol. The normalized spacial score (nSPS) is 10.4. The summed E-state index contributed by atoms with van der Waals surface area (Å²) in [5.41, 5.74) is 1.69. The molecule has 0 amide bonds. The van der Waals surface area contributed by atoms with Crippen molar-refractivity contribution in [2.24, 2.45) is 0 Å². The number of nitro benzene ring substituents is 1. The summed E-state index contributed by atoms with van der Waals surface area (Å²) in [5, 5.41) is 11.0. The summed E-state index contributed by atoms with van der Waals surface area (Å²) >= 11 is 0. The van der Waals surface area contributed by atoms with Crippen LogP contribution in [-0.2, 0) is 11.3 Å². The molecule has 0 aliphatic heterocycles. The minimum atomic E-state index is -0.641. The number of imidazole rings is 1. The van der Waals surface area contributed by atoms with E-state index in [2.05, 4.69) is 4.98 Å². The molecule has 7 heteroatoms. The van der Waals surface area contributed by atoms with Gasteiger partial charge in [0.2, 0.25) is 0 Å². The van der Waals surface area contributed by atoms with E-state index < -0.39 is 11.0 Å². The largest absolute Gasteiger partial charge is 0.444 e. The smallest absolute Gasteiger partial charge is 0.420 e. The lowest BCUT2D eigenvalue weighted by molar-refractivity contribution is -0.385. The Morgan fingerprint density at radius 1 is 1.16 bits per heavy atom. The van der Waals surface area contributed by atoms with Gasteiger partial charge in [-0.2, -0.15) is 0 Å². The van der Waals surface area contributed by atoms with E-state index in [0.29, 0.717) is 17.1 Å². The molecule has 0 N–H and O–H groups in total. The van der Waals surface area contributed by atoms with Crippen molar-refractivity contribution >= 4 is 11.8 Å². The number of nitro groups is 1. The maximum Gasteiger partial charge on any atom is 0.420 e. The topological polar surface area (TPSA) is 87.3 Å². The molecule has 0 aliphatic carbocycles. The van der Waals surface area contributed by atoms with E-state index in [1.54, 1.807) is 31.3 Å². The number of nitrogens with zero attached hydrogens (tertiary/aromatic N) is 3. The molecule has 126 valence electrons. The third kappa shape index (κ3) is 3.55. The summed E-state index contributed by atoms with van der Waals surface area (Å²) in [6.07, 6.45) is 0.932. The molecule has 0 saturated carbocycles. The van der Waals surface area contributed by atoms with Crippen molar-refractivity contribution in [1.82, 2.24) is 9.55 Å². The number of rotatable bonds is 4. The number of hydrogen-bond donors (Lipinski definition) is 0. The van der Waals surface area contributed by atoms with E-state index in [0.717, 1.165) is 5.56 Å². The highest BCUT2D eigenvalue weighted by Gasteiger charge is 2.18. The third-order valence-corrected chi connectivity index (χ3v) is 3.59.